The minimum absolute atomic E-state index is 0.200. The zero-order chi connectivity index (χ0) is 18.4. The predicted molar refractivity (Wildman–Crippen MR) is 97.1 cm³/mol. The molecule has 0 spiro atoms. The second-order valence-electron chi connectivity index (χ2n) is 6.04. The van der Waals surface area contributed by atoms with Crippen LogP contribution >= 0.6 is 0 Å². The van der Waals surface area contributed by atoms with E-state index in [1.807, 2.05) is 31.3 Å². The fourth-order valence-corrected chi connectivity index (χ4v) is 3.30. The van der Waals surface area contributed by atoms with Gasteiger partial charge in [-0.15, -0.1) is 0 Å². The molecular formula is C20H16N2O4. The highest BCUT2D eigenvalue weighted by Crippen LogP contribution is 2.31. The zero-order valence-electron chi connectivity index (χ0n) is 14.6. The topological polar surface area (TPSA) is 73.8 Å². The Kier molecular flexibility index (Phi) is 3.61. The lowest BCUT2D eigenvalue weighted by Gasteiger charge is -2.05. The van der Waals surface area contributed by atoms with Crippen LogP contribution in [-0.2, 0) is 0 Å². The Morgan fingerprint density at radius 2 is 2.00 bits per heavy atom. The van der Waals surface area contributed by atoms with Gasteiger partial charge in [0.1, 0.15) is 11.4 Å². The van der Waals surface area contributed by atoms with Crippen LogP contribution in [0.25, 0.3) is 16.4 Å². The van der Waals surface area contributed by atoms with Gasteiger partial charge in [-0.25, -0.2) is 9.78 Å². The summed E-state index contributed by atoms with van der Waals surface area (Å²) in [7, 11) is 1.58. The number of carbonyl (C=O) groups excluding carboxylic acids is 1. The Morgan fingerprint density at radius 1 is 1.19 bits per heavy atom. The van der Waals surface area contributed by atoms with Crippen LogP contribution < -0.4 is 10.4 Å². The fraction of sp³-hybridized carbons (Fsp3) is 0.150. The number of hydrogen-bond acceptors (Lipinski definition) is 5. The largest absolute Gasteiger partial charge is 0.494 e. The lowest BCUT2D eigenvalue weighted by Crippen LogP contribution is -2.09. The number of rotatable bonds is 3. The summed E-state index contributed by atoms with van der Waals surface area (Å²) < 4.78 is 12.3. The lowest BCUT2D eigenvalue weighted by molar-refractivity contribution is 0.103. The number of benzene rings is 1. The molecule has 6 heteroatoms. The van der Waals surface area contributed by atoms with Crippen molar-refractivity contribution >= 4 is 22.2 Å². The molecule has 26 heavy (non-hydrogen) atoms. The number of pyridine rings is 1. The highest BCUT2D eigenvalue weighted by atomic mass is 16.5. The Bertz CT molecular complexity index is 1230. The molecular weight excluding hydrogens is 332 g/mol. The number of nitrogens with zero attached hydrogens (tertiary/aromatic N) is 2. The van der Waals surface area contributed by atoms with Crippen molar-refractivity contribution in [3.63, 3.8) is 0 Å². The second kappa shape index (κ2) is 5.84. The molecule has 130 valence electrons. The van der Waals surface area contributed by atoms with Crippen LogP contribution in [0.4, 0.5) is 0 Å². The van der Waals surface area contributed by atoms with Crippen LogP contribution in [0.1, 0.15) is 27.5 Å². The van der Waals surface area contributed by atoms with Gasteiger partial charge < -0.3 is 13.6 Å². The van der Waals surface area contributed by atoms with Crippen molar-refractivity contribution < 1.29 is 13.9 Å². The molecule has 0 aliphatic heterocycles. The number of aromatic nitrogens is 2. The maximum absolute atomic E-state index is 13.2. The number of fused-ring (bicyclic) bond motifs is 2. The average molecular weight is 348 g/mol. The molecule has 0 N–H and O–H groups in total. The molecule has 0 saturated carbocycles. The molecule has 0 atom stereocenters. The Morgan fingerprint density at radius 3 is 2.77 bits per heavy atom. The molecule has 0 unspecified atom stereocenters. The molecule has 0 aliphatic carbocycles. The van der Waals surface area contributed by atoms with Crippen molar-refractivity contribution in [2.45, 2.75) is 13.8 Å². The molecule has 0 amide bonds. The summed E-state index contributed by atoms with van der Waals surface area (Å²) in [6, 6.07) is 10.5. The van der Waals surface area contributed by atoms with Crippen LogP contribution in [0, 0.1) is 13.8 Å². The highest BCUT2D eigenvalue weighted by molar-refractivity contribution is 6.11. The van der Waals surface area contributed by atoms with Crippen molar-refractivity contribution in [2.24, 2.45) is 0 Å². The minimum atomic E-state index is -0.503. The third kappa shape index (κ3) is 2.30. The van der Waals surface area contributed by atoms with E-state index in [0.29, 0.717) is 28.4 Å². The molecule has 4 rings (SSSR count). The van der Waals surface area contributed by atoms with E-state index in [1.54, 1.807) is 30.6 Å². The molecule has 6 nitrogen and oxygen atoms in total. The lowest BCUT2D eigenvalue weighted by atomic mass is 10.0. The van der Waals surface area contributed by atoms with Gasteiger partial charge in [0.05, 0.1) is 23.5 Å². The van der Waals surface area contributed by atoms with E-state index in [4.69, 9.17) is 9.15 Å². The van der Waals surface area contributed by atoms with E-state index in [0.717, 1.165) is 11.1 Å². The first kappa shape index (κ1) is 16.1. The average Bonchev–Trinajstić information content (AvgIpc) is 2.92. The van der Waals surface area contributed by atoms with Gasteiger partial charge in [0, 0.05) is 24.2 Å². The van der Waals surface area contributed by atoms with Crippen molar-refractivity contribution in [1.29, 1.82) is 0 Å². The van der Waals surface area contributed by atoms with Crippen LogP contribution in [0.5, 0.6) is 5.75 Å². The van der Waals surface area contributed by atoms with Gasteiger partial charge in [0.15, 0.2) is 5.89 Å². The summed E-state index contributed by atoms with van der Waals surface area (Å²) >= 11 is 0. The second-order valence-corrected chi connectivity index (χ2v) is 6.04. The van der Waals surface area contributed by atoms with Gasteiger partial charge in [-0.3, -0.25) is 4.79 Å². The van der Waals surface area contributed by atoms with Gasteiger partial charge in [-0.2, -0.15) is 0 Å². The van der Waals surface area contributed by atoms with Crippen molar-refractivity contribution in [3.05, 3.63) is 75.7 Å². The number of aryl methyl sites for hydroxylation is 1. The number of methoxy groups -OCH3 is 1. The van der Waals surface area contributed by atoms with Gasteiger partial charge in [-0.1, -0.05) is 6.07 Å². The molecule has 0 fully saturated rings. The summed E-state index contributed by atoms with van der Waals surface area (Å²) in [5.74, 6) is 0.750. The number of carbonyl (C=O) groups is 1. The fourth-order valence-electron chi connectivity index (χ4n) is 3.30. The number of ether oxygens (including phenoxy) is 1. The third-order valence-corrected chi connectivity index (χ3v) is 4.45. The standard InChI is InChI=1S/C20H16N2O4/c1-11-17(22-9-5-4-6-16(22)19(11)25-3)18(23)13-7-8-15-14(10-13)20(24)26-12(2)21-15/h4-10H,1-3H3. The number of hydrogen-bond donors (Lipinski definition) is 0. The molecule has 3 heterocycles. The number of ketones is 1. The van der Waals surface area contributed by atoms with E-state index in [-0.39, 0.29) is 11.2 Å². The van der Waals surface area contributed by atoms with Crippen LogP contribution in [0.15, 0.2) is 51.8 Å². The van der Waals surface area contributed by atoms with Crippen molar-refractivity contribution in [1.82, 2.24) is 9.38 Å². The quantitative estimate of drug-likeness (QED) is 0.531. The summed E-state index contributed by atoms with van der Waals surface area (Å²) in [6.45, 7) is 3.46. The van der Waals surface area contributed by atoms with Crippen LogP contribution in [-0.4, -0.2) is 22.3 Å². The van der Waals surface area contributed by atoms with E-state index in [2.05, 4.69) is 4.98 Å². The third-order valence-electron chi connectivity index (χ3n) is 4.45. The summed E-state index contributed by atoms with van der Waals surface area (Å²) in [6.07, 6.45) is 1.82. The smallest absolute Gasteiger partial charge is 0.346 e. The van der Waals surface area contributed by atoms with Gasteiger partial charge in [0.25, 0.3) is 0 Å². The molecule has 0 radical (unpaired) electrons. The van der Waals surface area contributed by atoms with Gasteiger partial charge >= 0.3 is 5.63 Å². The van der Waals surface area contributed by atoms with Gasteiger partial charge in [-0.05, 0) is 37.3 Å². The minimum Gasteiger partial charge on any atom is -0.494 e. The van der Waals surface area contributed by atoms with Gasteiger partial charge in [0.2, 0.25) is 5.78 Å². The van der Waals surface area contributed by atoms with Crippen molar-refractivity contribution in [3.8, 4) is 5.75 Å². The summed E-state index contributed by atoms with van der Waals surface area (Å²) in [4.78, 5) is 29.5. The van der Waals surface area contributed by atoms with Crippen molar-refractivity contribution in [2.75, 3.05) is 7.11 Å². The molecule has 0 aliphatic rings. The van der Waals surface area contributed by atoms with E-state index in [1.165, 1.54) is 6.07 Å². The zero-order valence-corrected chi connectivity index (χ0v) is 14.6. The SMILES string of the molecule is COc1c(C)c(C(=O)c2ccc3nc(C)oc(=O)c3c2)n2ccccc12. The molecule has 0 saturated heterocycles. The molecule has 0 bridgehead atoms. The predicted octanol–water partition coefficient (Wildman–Crippen LogP) is 3.30. The van der Waals surface area contributed by atoms with Crippen LogP contribution in [0.2, 0.25) is 0 Å². The normalized spacial score (nSPS) is 11.2. The first-order valence-corrected chi connectivity index (χ1v) is 8.11. The Balaban J connectivity index is 1.94. The maximum Gasteiger partial charge on any atom is 0.346 e. The highest BCUT2D eigenvalue weighted by Gasteiger charge is 2.22. The molecule has 4 aromatic rings. The van der Waals surface area contributed by atoms with E-state index < -0.39 is 5.63 Å². The first-order chi connectivity index (χ1) is 12.5. The summed E-state index contributed by atoms with van der Waals surface area (Å²) in [5.41, 5.74) is 2.46. The first-order valence-electron chi connectivity index (χ1n) is 8.11. The molecule has 3 aromatic heterocycles. The maximum atomic E-state index is 13.2. The van der Waals surface area contributed by atoms with E-state index >= 15 is 0 Å². The Hall–Kier alpha value is -3.41. The molecule has 1 aromatic carbocycles. The van der Waals surface area contributed by atoms with E-state index in [9.17, 15) is 9.59 Å². The summed E-state index contributed by atoms with van der Waals surface area (Å²) in [5, 5.41) is 0.284. The Labute approximate surface area is 148 Å². The van der Waals surface area contributed by atoms with Crippen LogP contribution in [0.3, 0.4) is 0 Å². The monoisotopic (exact) mass is 348 g/mol.